The Morgan fingerprint density at radius 1 is 1.39 bits per heavy atom. The zero-order valence-electron chi connectivity index (χ0n) is 9.93. The third-order valence-electron chi connectivity index (χ3n) is 2.49. The van der Waals surface area contributed by atoms with E-state index < -0.39 is 0 Å². The number of benzene rings is 1. The molecule has 1 atom stereocenters. The molecule has 0 radical (unpaired) electrons. The fraction of sp³-hybridized carbons (Fsp3) is 0.308. The van der Waals surface area contributed by atoms with Crippen molar-refractivity contribution in [1.29, 1.82) is 5.26 Å². The molecule has 2 aromatic rings. The van der Waals surface area contributed by atoms with Crippen LogP contribution in [0.25, 0.3) is 0 Å². The van der Waals surface area contributed by atoms with Gasteiger partial charge in [0.1, 0.15) is 5.82 Å². The Bertz CT molecular complexity index is 556. The summed E-state index contributed by atoms with van der Waals surface area (Å²) in [6, 6.07) is 8.27. The van der Waals surface area contributed by atoms with Crippen LogP contribution in [-0.2, 0) is 12.8 Å². The van der Waals surface area contributed by atoms with Gasteiger partial charge in [-0.05, 0) is 24.6 Å². The molecule has 1 aromatic heterocycles. The lowest BCUT2D eigenvalue weighted by Gasteiger charge is -1.96. The van der Waals surface area contributed by atoms with E-state index in [2.05, 4.69) is 16.2 Å². The standard InChI is InChI=1S/C13H12FN3O/c1-9(8-15)6-13-16-12(17-18-13)7-10-2-4-11(14)5-3-10/h2-5,9H,6-7H2,1H3. The zero-order valence-corrected chi connectivity index (χ0v) is 9.93. The van der Waals surface area contributed by atoms with Crippen molar-refractivity contribution in [2.75, 3.05) is 0 Å². The molecule has 2 rings (SSSR count). The lowest BCUT2D eigenvalue weighted by molar-refractivity contribution is 0.365. The molecule has 1 aromatic carbocycles. The summed E-state index contributed by atoms with van der Waals surface area (Å²) in [5.74, 6) is 0.586. The minimum absolute atomic E-state index is 0.149. The molecular formula is C13H12FN3O. The van der Waals surface area contributed by atoms with Crippen LogP contribution in [0.3, 0.4) is 0 Å². The molecule has 0 fully saturated rings. The monoisotopic (exact) mass is 245 g/mol. The SMILES string of the molecule is CC(C#N)Cc1nc(Cc2ccc(F)cc2)no1. The first-order valence-electron chi connectivity index (χ1n) is 5.63. The summed E-state index contributed by atoms with van der Waals surface area (Å²) in [6.45, 7) is 1.80. The van der Waals surface area contributed by atoms with Crippen molar-refractivity contribution in [3.8, 4) is 6.07 Å². The highest BCUT2D eigenvalue weighted by atomic mass is 19.1. The molecule has 4 nitrogen and oxygen atoms in total. The topological polar surface area (TPSA) is 62.7 Å². The smallest absolute Gasteiger partial charge is 0.227 e. The van der Waals surface area contributed by atoms with Crippen LogP contribution in [0.5, 0.6) is 0 Å². The molecule has 5 heteroatoms. The number of nitriles is 1. The van der Waals surface area contributed by atoms with Crippen LogP contribution < -0.4 is 0 Å². The van der Waals surface area contributed by atoms with Crippen molar-refractivity contribution >= 4 is 0 Å². The van der Waals surface area contributed by atoms with Crippen molar-refractivity contribution in [2.45, 2.75) is 19.8 Å². The normalized spacial score (nSPS) is 12.1. The quantitative estimate of drug-likeness (QED) is 0.830. The Labute approximate surface area is 104 Å². The van der Waals surface area contributed by atoms with E-state index in [1.807, 2.05) is 0 Å². The number of hydrogen-bond acceptors (Lipinski definition) is 4. The predicted molar refractivity (Wildman–Crippen MR) is 62.0 cm³/mol. The Balaban J connectivity index is 2.02. The first-order valence-corrected chi connectivity index (χ1v) is 5.63. The van der Waals surface area contributed by atoms with Crippen molar-refractivity contribution in [3.63, 3.8) is 0 Å². The maximum atomic E-state index is 12.7. The third-order valence-corrected chi connectivity index (χ3v) is 2.49. The molecule has 1 unspecified atom stereocenters. The average Bonchev–Trinajstić information content (AvgIpc) is 2.79. The van der Waals surface area contributed by atoms with E-state index in [9.17, 15) is 4.39 Å². The Hall–Kier alpha value is -2.22. The molecule has 92 valence electrons. The van der Waals surface area contributed by atoms with Crippen molar-refractivity contribution in [2.24, 2.45) is 5.92 Å². The van der Waals surface area contributed by atoms with Gasteiger partial charge >= 0.3 is 0 Å². The number of halogens is 1. The predicted octanol–water partition coefficient (Wildman–Crippen LogP) is 2.50. The largest absolute Gasteiger partial charge is 0.339 e. The van der Waals surface area contributed by atoms with E-state index in [0.717, 1.165) is 5.56 Å². The van der Waals surface area contributed by atoms with Gasteiger partial charge in [0, 0.05) is 12.8 Å². The van der Waals surface area contributed by atoms with E-state index in [4.69, 9.17) is 9.78 Å². The maximum absolute atomic E-state index is 12.7. The summed E-state index contributed by atoms with van der Waals surface area (Å²) in [6.07, 6.45) is 0.942. The minimum Gasteiger partial charge on any atom is -0.339 e. The zero-order chi connectivity index (χ0) is 13.0. The molecular weight excluding hydrogens is 233 g/mol. The molecule has 0 amide bonds. The Kier molecular flexibility index (Phi) is 3.68. The first kappa shape index (κ1) is 12.2. The number of rotatable bonds is 4. The van der Waals surface area contributed by atoms with E-state index in [1.54, 1.807) is 19.1 Å². The van der Waals surface area contributed by atoms with Crippen LogP contribution in [-0.4, -0.2) is 10.1 Å². The molecule has 0 saturated heterocycles. The van der Waals surface area contributed by atoms with Gasteiger partial charge in [0.15, 0.2) is 5.82 Å². The highest BCUT2D eigenvalue weighted by molar-refractivity contribution is 5.19. The Morgan fingerprint density at radius 2 is 2.11 bits per heavy atom. The van der Waals surface area contributed by atoms with Crippen LogP contribution in [0.4, 0.5) is 4.39 Å². The summed E-state index contributed by atoms with van der Waals surface area (Å²) >= 11 is 0. The number of nitrogens with zero attached hydrogens (tertiary/aromatic N) is 3. The minimum atomic E-state index is -0.268. The van der Waals surface area contributed by atoms with E-state index in [-0.39, 0.29) is 11.7 Å². The molecule has 0 N–H and O–H groups in total. The van der Waals surface area contributed by atoms with Gasteiger partial charge < -0.3 is 4.52 Å². The van der Waals surface area contributed by atoms with E-state index in [1.165, 1.54) is 12.1 Å². The summed E-state index contributed by atoms with van der Waals surface area (Å²) in [4.78, 5) is 4.19. The van der Waals surface area contributed by atoms with Gasteiger partial charge in [0.2, 0.25) is 5.89 Å². The fourth-order valence-electron chi connectivity index (χ4n) is 1.54. The van der Waals surface area contributed by atoms with Crippen molar-refractivity contribution in [1.82, 2.24) is 10.1 Å². The van der Waals surface area contributed by atoms with Gasteiger partial charge in [0.05, 0.1) is 12.0 Å². The molecule has 1 heterocycles. The number of aromatic nitrogens is 2. The van der Waals surface area contributed by atoms with Gasteiger partial charge in [-0.1, -0.05) is 17.3 Å². The van der Waals surface area contributed by atoms with Crippen LogP contribution >= 0.6 is 0 Å². The third kappa shape index (κ3) is 3.14. The number of hydrogen-bond donors (Lipinski definition) is 0. The second-order valence-electron chi connectivity index (χ2n) is 4.14. The van der Waals surface area contributed by atoms with Crippen molar-refractivity contribution in [3.05, 3.63) is 47.4 Å². The molecule has 0 aliphatic rings. The summed E-state index contributed by atoms with van der Waals surface area (Å²) in [7, 11) is 0. The highest BCUT2D eigenvalue weighted by Crippen LogP contribution is 2.10. The van der Waals surface area contributed by atoms with Gasteiger partial charge in [-0.25, -0.2) is 4.39 Å². The van der Waals surface area contributed by atoms with Gasteiger partial charge in [-0.2, -0.15) is 10.2 Å². The summed E-state index contributed by atoms with van der Waals surface area (Å²) in [5.41, 5.74) is 0.914. The van der Waals surface area contributed by atoms with Crippen molar-refractivity contribution < 1.29 is 8.91 Å². The molecule has 0 bridgehead atoms. The summed E-state index contributed by atoms with van der Waals surface area (Å²) < 4.78 is 17.8. The lowest BCUT2D eigenvalue weighted by atomic mass is 10.1. The second kappa shape index (κ2) is 5.41. The average molecular weight is 245 g/mol. The van der Waals surface area contributed by atoms with Crippen LogP contribution in [0.1, 0.15) is 24.2 Å². The first-order chi connectivity index (χ1) is 8.67. The lowest BCUT2D eigenvalue weighted by Crippen LogP contribution is -1.97. The second-order valence-corrected chi connectivity index (χ2v) is 4.14. The van der Waals surface area contributed by atoms with Crippen LogP contribution in [0, 0.1) is 23.1 Å². The van der Waals surface area contributed by atoms with Crippen LogP contribution in [0.2, 0.25) is 0 Å². The van der Waals surface area contributed by atoms with Gasteiger partial charge in [-0.15, -0.1) is 0 Å². The van der Waals surface area contributed by atoms with Crippen LogP contribution in [0.15, 0.2) is 28.8 Å². The van der Waals surface area contributed by atoms with E-state index >= 15 is 0 Å². The molecule has 0 aliphatic carbocycles. The molecule has 18 heavy (non-hydrogen) atoms. The highest BCUT2D eigenvalue weighted by Gasteiger charge is 2.10. The van der Waals surface area contributed by atoms with Gasteiger partial charge in [-0.3, -0.25) is 0 Å². The molecule has 0 saturated carbocycles. The van der Waals surface area contributed by atoms with Gasteiger partial charge in [0.25, 0.3) is 0 Å². The Morgan fingerprint density at radius 3 is 2.78 bits per heavy atom. The summed E-state index contributed by atoms with van der Waals surface area (Å²) in [5, 5.41) is 12.5. The van der Waals surface area contributed by atoms with E-state index in [0.29, 0.717) is 24.6 Å². The molecule has 0 aliphatic heterocycles. The maximum Gasteiger partial charge on any atom is 0.227 e. The fourth-order valence-corrected chi connectivity index (χ4v) is 1.54. The molecule has 0 spiro atoms.